The lowest BCUT2D eigenvalue weighted by Crippen LogP contribution is -2.49. The molecule has 1 fully saturated rings. The zero-order valence-electron chi connectivity index (χ0n) is 14.2. The average Bonchev–Trinajstić information content (AvgIpc) is 2.54. The Kier molecular flexibility index (Phi) is 4.46. The van der Waals surface area contributed by atoms with Crippen molar-refractivity contribution in [2.24, 2.45) is 0 Å². The van der Waals surface area contributed by atoms with Crippen molar-refractivity contribution >= 4 is 11.7 Å². The van der Waals surface area contributed by atoms with Gasteiger partial charge in [-0.25, -0.2) is 9.97 Å². The lowest BCUT2D eigenvalue weighted by Gasteiger charge is -2.36. The molecule has 1 saturated heterocycles. The number of hydrogen-bond donors (Lipinski definition) is 0. The Morgan fingerprint density at radius 3 is 2.33 bits per heavy atom. The van der Waals surface area contributed by atoms with Crippen LogP contribution in [0.5, 0.6) is 0 Å². The molecule has 0 unspecified atom stereocenters. The molecule has 2 aromatic heterocycles. The summed E-state index contributed by atoms with van der Waals surface area (Å²) in [7, 11) is 0. The fourth-order valence-corrected chi connectivity index (χ4v) is 3.08. The van der Waals surface area contributed by atoms with Gasteiger partial charge >= 0.3 is 0 Å². The molecule has 24 heavy (non-hydrogen) atoms. The molecule has 0 aromatic carbocycles. The van der Waals surface area contributed by atoms with Gasteiger partial charge in [0.15, 0.2) is 0 Å². The monoisotopic (exact) mass is 328 g/mol. The average molecular weight is 328 g/mol. The van der Waals surface area contributed by atoms with Gasteiger partial charge in [-0.05, 0) is 43.5 Å². The molecule has 2 aromatic rings. The zero-order chi connectivity index (χ0) is 17.3. The number of halogens is 1. The van der Waals surface area contributed by atoms with Crippen LogP contribution in [0.2, 0.25) is 0 Å². The van der Waals surface area contributed by atoms with E-state index in [1.165, 1.54) is 12.3 Å². The summed E-state index contributed by atoms with van der Waals surface area (Å²) in [6.07, 6.45) is 3.19. The third-order valence-electron chi connectivity index (χ3n) is 4.36. The van der Waals surface area contributed by atoms with E-state index in [1.54, 1.807) is 11.8 Å². The van der Waals surface area contributed by atoms with E-state index in [0.717, 1.165) is 30.0 Å². The predicted octanol–water partition coefficient (Wildman–Crippen LogP) is 2.50. The lowest BCUT2D eigenvalue weighted by molar-refractivity contribution is 0.0745. The molecule has 1 aliphatic rings. The first kappa shape index (κ1) is 16.4. The number of pyridine rings is 2. The maximum absolute atomic E-state index is 13.1. The largest absolute Gasteiger partial charge is 0.353 e. The number of aryl methyl sites for hydroxylation is 3. The van der Waals surface area contributed by atoms with Crippen molar-refractivity contribution in [2.75, 3.05) is 31.1 Å². The number of piperazine rings is 1. The van der Waals surface area contributed by atoms with Crippen LogP contribution in [-0.2, 0) is 0 Å². The van der Waals surface area contributed by atoms with Crippen LogP contribution in [0.15, 0.2) is 24.5 Å². The van der Waals surface area contributed by atoms with Gasteiger partial charge < -0.3 is 9.80 Å². The number of aromatic nitrogens is 2. The van der Waals surface area contributed by atoms with Crippen molar-refractivity contribution in [2.45, 2.75) is 20.8 Å². The van der Waals surface area contributed by atoms with Gasteiger partial charge in [-0.15, -0.1) is 0 Å². The number of hydrogen-bond acceptors (Lipinski definition) is 4. The number of nitrogens with zero attached hydrogens (tertiary/aromatic N) is 4. The number of carbonyl (C=O) groups is 1. The van der Waals surface area contributed by atoms with Gasteiger partial charge in [-0.2, -0.15) is 4.39 Å². The van der Waals surface area contributed by atoms with Crippen LogP contribution in [0.1, 0.15) is 27.0 Å². The second-order valence-electron chi connectivity index (χ2n) is 6.25. The number of amides is 1. The van der Waals surface area contributed by atoms with Crippen molar-refractivity contribution in [1.29, 1.82) is 0 Å². The first-order valence-corrected chi connectivity index (χ1v) is 8.05. The second-order valence-corrected chi connectivity index (χ2v) is 6.25. The van der Waals surface area contributed by atoms with Gasteiger partial charge in [-0.1, -0.05) is 6.07 Å². The van der Waals surface area contributed by atoms with E-state index in [1.807, 2.05) is 13.1 Å². The van der Waals surface area contributed by atoms with Crippen LogP contribution in [0.3, 0.4) is 0 Å². The Labute approximate surface area is 141 Å². The van der Waals surface area contributed by atoms with E-state index in [0.29, 0.717) is 24.2 Å². The van der Waals surface area contributed by atoms with Crippen molar-refractivity contribution in [3.63, 3.8) is 0 Å². The van der Waals surface area contributed by atoms with Crippen LogP contribution in [0.25, 0.3) is 0 Å². The number of carbonyl (C=O) groups excluding carboxylic acids is 1. The summed E-state index contributed by atoms with van der Waals surface area (Å²) in [6, 6.07) is 3.41. The molecule has 5 nitrogen and oxygen atoms in total. The fraction of sp³-hybridized carbons (Fsp3) is 0.389. The quantitative estimate of drug-likeness (QED) is 0.795. The van der Waals surface area contributed by atoms with E-state index < -0.39 is 5.95 Å². The Bertz CT molecular complexity index is 770. The van der Waals surface area contributed by atoms with E-state index in [9.17, 15) is 9.18 Å². The van der Waals surface area contributed by atoms with Crippen molar-refractivity contribution < 1.29 is 9.18 Å². The summed E-state index contributed by atoms with van der Waals surface area (Å²) < 4.78 is 13.1. The molecule has 0 atom stereocenters. The highest BCUT2D eigenvalue weighted by atomic mass is 19.1. The first-order valence-electron chi connectivity index (χ1n) is 8.05. The first-order chi connectivity index (χ1) is 11.5. The van der Waals surface area contributed by atoms with Crippen LogP contribution in [0, 0.1) is 26.7 Å². The number of anilines is 1. The molecule has 1 aliphatic heterocycles. The molecule has 0 N–H and O–H groups in total. The van der Waals surface area contributed by atoms with Gasteiger partial charge in [0.2, 0.25) is 5.95 Å². The zero-order valence-corrected chi connectivity index (χ0v) is 14.2. The fourth-order valence-electron chi connectivity index (χ4n) is 3.08. The maximum Gasteiger partial charge on any atom is 0.255 e. The van der Waals surface area contributed by atoms with Crippen LogP contribution in [-0.4, -0.2) is 47.0 Å². The topological polar surface area (TPSA) is 49.3 Å². The molecule has 0 spiro atoms. The molecular formula is C18H21FN4O. The Morgan fingerprint density at radius 2 is 1.71 bits per heavy atom. The van der Waals surface area contributed by atoms with Crippen molar-refractivity contribution in [1.82, 2.24) is 14.9 Å². The summed E-state index contributed by atoms with van der Waals surface area (Å²) in [5.74, 6) is 0.329. The van der Waals surface area contributed by atoms with Gasteiger partial charge in [0.1, 0.15) is 5.82 Å². The molecule has 1 amide bonds. The van der Waals surface area contributed by atoms with Gasteiger partial charge in [-0.3, -0.25) is 4.79 Å². The van der Waals surface area contributed by atoms with Crippen molar-refractivity contribution in [3.05, 3.63) is 52.7 Å². The maximum atomic E-state index is 13.1. The molecule has 0 bridgehead atoms. The summed E-state index contributed by atoms with van der Waals surface area (Å²) in [5.41, 5.74) is 3.37. The third kappa shape index (κ3) is 3.22. The summed E-state index contributed by atoms with van der Waals surface area (Å²) in [4.78, 5) is 24.7. The van der Waals surface area contributed by atoms with Crippen LogP contribution in [0.4, 0.5) is 10.2 Å². The highest BCUT2D eigenvalue weighted by Gasteiger charge is 2.24. The molecule has 0 saturated carbocycles. The molecular weight excluding hydrogens is 307 g/mol. The highest BCUT2D eigenvalue weighted by Crippen LogP contribution is 2.20. The van der Waals surface area contributed by atoms with E-state index >= 15 is 0 Å². The lowest BCUT2D eigenvalue weighted by atomic mass is 10.1. The minimum atomic E-state index is -0.560. The summed E-state index contributed by atoms with van der Waals surface area (Å²) in [6.45, 7) is 8.51. The normalized spacial score (nSPS) is 14.8. The van der Waals surface area contributed by atoms with E-state index in [4.69, 9.17) is 0 Å². The van der Waals surface area contributed by atoms with Gasteiger partial charge in [0.25, 0.3) is 5.91 Å². The predicted molar refractivity (Wildman–Crippen MR) is 90.8 cm³/mol. The number of rotatable bonds is 2. The second kappa shape index (κ2) is 6.55. The molecule has 0 aliphatic carbocycles. The van der Waals surface area contributed by atoms with Crippen LogP contribution < -0.4 is 4.90 Å². The molecule has 3 rings (SSSR count). The molecule has 3 heterocycles. The Morgan fingerprint density at radius 1 is 1.00 bits per heavy atom. The SMILES string of the molecule is Cc1cnc(N2CCN(C(=O)c3cnc(F)cc3C)CC2)c(C)c1. The minimum Gasteiger partial charge on any atom is -0.353 e. The minimum absolute atomic E-state index is 0.0896. The Hall–Kier alpha value is -2.50. The van der Waals surface area contributed by atoms with Crippen molar-refractivity contribution in [3.8, 4) is 0 Å². The standard InChI is InChI=1S/C18H21FN4O/c1-12-8-14(3)17(21-10-12)22-4-6-23(7-5-22)18(24)15-11-20-16(19)9-13(15)2/h8-11H,4-7H2,1-3H3. The molecule has 6 heteroatoms. The smallest absolute Gasteiger partial charge is 0.255 e. The van der Waals surface area contributed by atoms with Crippen LogP contribution >= 0.6 is 0 Å². The van der Waals surface area contributed by atoms with E-state index in [2.05, 4.69) is 27.9 Å². The third-order valence-corrected chi connectivity index (χ3v) is 4.36. The molecule has 0 radical (unpaired) electrons. The Balaban J connectivity index is 1.69. The van der Waals surface area contributed by atoms with E-state index in [-0.39, 0.29) is 5.91 Å². The molecule has 126 valence electrons. The van der Waals surface area contributed by atoms with Gasteiger partial charge in [0, 0.05) is 38.6 Å². The van der Waals surface area contributed by atoms with Gasteiger partial charge in [0.05, 0.1) is 5.56 Å². The summed E-state index contributed by atoms with van der Waals surface area (Å²) >= 11 is 0. The summed E-state index contributed by atoms with van der Waals surface area (Å²) in [5, 5.41) is 0. The highest BCUT2D eigenvalue weighted by molar-refractivity contribution is 5.95.